The molecule has 1 aromatic rings. The summed E-state index contributed by atoms with van der Waals surface area (Å²) >= 11 is 8.41. The summed E-state index contributed by atoms with van der Waals surface area (Å²) in [5, 5.41) is 3.29. The van der Waals surface area contributed by atoms with Crippen LogP contribution in [0.3, 0.4) is 0 Å². The molecule has 0 spiro atoms. The second-order valence-corrected chi connectivity index (χ2v) is 4.08. The van der Waals surface area contributed by atoms with E-state index in [0.717, 1.165) is 10.2 Å². The number of nitrogens with zero attached hydrogens (tertiary/aromatic N) is 1. The van der Waals surface area contributed by atoms with Crippen LogP contribution in [-0.4, -0.2) is 17.6 Å². The fourth-order valence-electron chi connectivity index (χ4n) is 1.30. The van der Waals surface area contributed by atoms with Gasteiger partial charge in [-0.3, -0.25) is 9.69 Å². The summed E-state index contributed by atoms with van der Waals surface area (Å²) in [7, 11) is 0. The minimum Gasteiger partial charge on any atom is -0.353 e. The molecule has 0 atom stereocenters. The lowest BCUT2D eigenvalue weighted by atomic mass is 10.3. The fraction of sp³-hybridized carbons (Fsp3) is 0.111. The Morgan fingerprint density at radius 2 is 2.14 bits per heavy atom. The van der Waals surface area contributed by atoms with Crippen LogP contribution in [0.1, 0.15) is 0 Å². The maximum absolute atomic E-state index is 11.5. The van der Waals surface area contributed by atoms with E-state index < -0.39 is 0 Å². The number of carbonyl (C=O) groups is 1. The first kappa shape index (κ1) is 9.61. The molecule has 0 radical (unpaired) electrons. The molecule has 0 bridgehead atoms. The fourth-order valence-corrected chi connectivity index (χ4v) is 2.03. The van der Waals surface area contributed by atoms with Crippen molar-refractivity contribution in [2.45, 2.75) is 0 Å². The van der Waals surface area contributed by atoms with Crippen molar-refractivity contribution in [1.82, 2.24) is 5.32 Å². The molecule has 1 aliphatic rings. The number of hydrogen-bond acceptors (Lipinski definition) is 2. The van der Waals surface area contributed by atoms with Crippen molar-refractivity contribution in [3.05, 3.63) is 28.7 Å². The minimum atomic E-state index is -0.0260. The Bertz CT molecular complexity index is 392. The van der Waals surface area contributed by atoms with E-state index in [9.17, 15) is 4.79 Å². The van der Waals surface area contributed by atoms with Crippen LogP contribution in [0.2, 0.25) is 0 Å². The Kier molecular flexibility index (Phi) is 2.52. The number of hydrogen-bond donors (Lipinski definition) is 1. The maximum Gasteiger partial charge on any atom is 0.252 e. The zero-order valence-electron chi connectivity index (χ0n) is 7.16. The van der Waals surface area contributed by atoms with Crippen LogP contribution in [0.4, 0.5) is 5.69 Å². The van der Waals surface area contributed by atoms with Gasteiger partial charge >= 0.3 is 0 Å². The van der Waals surface area contributed by atoms with E-state index in [1.165, 1.54) is 4.90 Å². The molecule has 14 heavy (non-hydrogen) atoms. The maximum atomic E-state index is 11.5. The molecule has 1 aromatic carbocycles. The summed E-state index contributed by atoms with van der Waals surface area (Å²) in [5.74, 6) is -0.0260. The van der Waals surface area contributed by atoms with Crippen LogP contribution in [-0.2, 0) is 4.79 Å². The number of amides is 1. The number of thiocarbonyl (C=S) groups is 1. The lowest BCUT2D eigenvalue weighted by Crippen LogP contribution is -2.30. The van der Waals surface area contributed by atoms with E-state index in [-0.39, 0.29) is 12.5 Å². The largest absolute Gasteiger partial charge is 0.353 e. The average Bonchev–Trinajstić information content (AvgIpc) is 2.48. The molecule has 72 valence electrons. The Labute approximate surface area is 95.2 Å². The van der Waals surface area contributed by atoms with E-state index in [0.29, 0.717) is 5.11 Å². The molecular weight excluding hydrogens is 264 g/mol. The van der Waals surface area contributed by atoms with Gasteiger partial charge in [0.15, 0.2) is 5.11 Å². The van der Waals surface area contributed by atoms with Gasteiger partial charge in [-0.1, -0.05) is 12.1 Å². The van der Waals surface area contributed by atoms with E-state index >= 15 is 0 Å². The lowest BCUT2D eigenvalue weighted by Gasteiger charge is -2.15. The summed E-state index contributed by atoms with van der Waals surface area (Å²) < 4.78 is 0.861. The van der Waals surface area contributed by atoms with E-state index in [4.69, 9.17) is 12.2 Å². The van der Waals surface area contributed by atoms with E-state index in [1.54, 1.807) is 0 Å². The molecule has 0 aliphatic carbocycles. The van der Waals surface area contributed by atoms with Crippen LogP contribution in [0.15, 0.2) is 28.7 Å². The predicted octanol–water partition coefficient (Wildman–Crippen LogP) is 1.67. The summed E-state index contributed by atoms with van der Waals surface area (Å²) in [4.78, 5) is 13.0. The van der Waals surface area contributed by atoms with Crippen molar-refractivity contribution in [3.8, 4) is 0 Å². The van der Waals surface area contributed by atoms with Crippen LogP contribution in [0, 0.1) is 0 Å². The summed E-state index contributed by atoms with van der Waals surface area (Å²) in [6, 6.07) is 7.49. The van der Waals surface area contributed by atoms with E-state index in [1.807, 2.05) is 24.3 Å². The van der Waals surface area contributed by atoms with Crippen molar-refractivity contribution >= 4 is 44.9 Å². The minimum absolute atomic E-state index is 0.0260. The van der Waals surface area contributed by atoms with Gasteiger partial charge in [0.1, 0.15) is 0 Å². The van der Waals surface area contributed by atoms with Gasteiger partial charge in [-0.25, -0.2) is 0 Å². The van der Waals surface area contributed by atoms with Gasteiger partial charge in [-0.15, -0.1) is 0 Å². The molecule has 0 unspecified atom stereocenters. The van der Waals surface area contributed by atoms with Crippen molar-refractivity contribution in [3.63, 3.8) is 0 Å². The van der Waals surface area contributed by atoms with E-state index in [2.05, 4.69) is 21.2 Å². The van der Waals surface area contributed by atoms with Gasteiger partial charge in [0.25, 0.3) is 5.91 Å². The SMILES string of the molecule is O=C1CNC(=S)N1c1ccccc1Br. The highest BCUT2D eigenvalue weighted by molar-refractivity contribution is 9.10. The Balaban J connectivity index is 2.44. The number of benzene rings is 1. The highest BCUT2D eigenvalue weighted by Crippen LogP contribution is 2.27. The first-order chi connectivity index (χ1) is 6.70. The third kappa shape index (κ3) is 1.53. The number of halogens is 1. The van der Waals surface area contributed by atoms with Crippen molar-refractivity contribution in [2.75, 3.05) is 11.4 Å². The summed E-state index contributed by atoms with van der Waals surface area (Å²) in [6.45, 7) is 0.278. The van der Waals surface area contributed by atoms with Crippen LogP contribution in [0.25, 0.3) is 0 Å². The smallest absolute Gasteiger partial charge is 0.252 e. The first-order valence-corrected chi connectivity index (χ1v) is 5.25. The molecule has 1 heterocycles. The molecular formula is C9H7BrN2OS. The van der Waals surface area contributed by atoms with Crippen LogP contribution in [0.5, 0.6) is 0 Å². The number of para-hydroxylation sites is 1. The quantitative estimate of drug-likeness (QED) is 0.789. The summed E-state index contributed by atoms with van der Waals surface area (Å²) in [6.07, 6.45) is 0. The van der Waals surface area contributed by atoms with Crippen LogP contribution < -0.4 is 10.2 Å². The molecule has 1 fully saturated rings. The first-order valence-electron chi connectivity index (χ1n) is 4.05. The monoisotopic (exact) mass is 270 g/mol. The molecule has 1 N–H and O–H groups in total. The zero-order valence-corrected chi connectivity index (χ0v) is 9.56. The molecule has 1 saturated heterocycles. The summed E-state index contributed by atoms with van der Waals surface area (Å²) in [5.41, 5.74) is 0.785. The second-order valence-electron chi connectivity index (χ2n) is 2.84. The molecule has 1 amide bonds. The Morgan fingerprint density at radius 1 is 1.43 bits per heavy atom. The topological polar surface area (TPSA) is 32.3 Å². The zero-order chi connectivity index (χ0) is 10.1. The highest BCUT2D eigenvalue weighted by atomic mass is 79.9. The molecule has 5 heteroatoms. The number of anilines is 1. The van der Waals surface area contributed by atoms with Crippen molar-refractivity contribution in [2.24, 2.45) is 0 Å². The van der Waals surface area contributed by atoms with Gasteiger partial charge in [0.05, 0.1) is 12.2 Å². The molecule has 0 saturated carbocycles. The average molecular weight is 271 g/mol. The highest BCUT2D eigenvalue weighted by Gasteiger charge is 2.27. The van der Waals surface area contributed by atoms with Gasteiger partial charge < -0.3 is 5.32 Å². The third-order valence-corrected chi connectivity index (χ3v) is 2.93. The van der Waals surface area contributed by atoms with Gasteiger partial charge in [-0.05, 0) is 40.3 Å². The third-order valence-electron chi connectivity index (χ3n) is 1.94. The van der Waals surface area contributed by atoms with Gasteiger partial charge in [0.2, 0.25) is 0 Å². The molecule has 1 aliphatic heterocycles. The van der Waals surface area contributed by atoms with Gasteiger partial charge in [0, 0.05) is 4.47 Å². The predicted molar refractivity (Wildman–Crippen MR) is 62.2 cm³/mol. The second kappa shape index (κ2) is 3.67. The molecule has 2 rings (SSSR count). The standard InChI is InChI=1S/C9H7BrN2OS/c10-6-3-1-2-4-7(6)12-8(13)5-11-9(12)14/h1-4H,5H2,(H,11,14). The Morgan fingerprint density at radius 3 is 2.71 bits per heavy atom. The number of nitrogens with one attached hydrogen (secondary N) is 1. The number of rotatable bonds is 1. The van der Waals surface area contributed by atoms with Crippen molar-refractivity contribution in [1.29, 1.82) is 0 Å². The van der Waals surface area contributed by atoms with Crippen molar-refractivity contribution < 1.29 is 4.79 Å². The Hall–Kier alpha value is -0.940. The normalized spacial score (nSPS) is 15.9. The molecule has 3 nitrogen and oxygen atoms in total. The number of carbonyl (C=O) groups excluding carboxylic acids is 1. The van der Waals surface area contributed by atoms with Gasteiger partial charge in [-0.2, -0.15) is 0 Å². The lowest BCUT2D eigenvalue weighted by molar-refractivity contribution is -0.115. The van der Waals surface area contributed by atoms with Crippen LogP contribution >= 0.6 is 28.1 Å². The molecule has 0 aromatic heterocycles.